The van der Waals surface area contributed by atoms with Crippen LogP contribution in [-0.4, -0.2) is 28.9 Å². The summed E-state index contributed by atoms with van der Waals surface area (Å²) in [7, 11) is 0. The zero-order valence-corrected chi connectivity index (χ0v) is 12.2. The molecule has 1 saturated carbocycles. The van der Waals surface area contributed by atoms with Crippen molar-refractivity contribution < 1.29 is 19.5 Å². The van der Waals surface area contributed by atoms with E-state index in [2.05, 4.69) is 5.32 Å². The summed E-state index contributed by atoms with van der Waals surface area (Å²) in [6.07, 6.45) is 1.67. The van der Waals surface area contributed by atoms with Crippen LogP contribution in [0, 0.1) is 11.8 Å². The van der Waals surface area contributed by atoms with E-state index in [4.69, 9.17) is 10.8 Å². The fraction of sp³-hybridized carbons (Fsp3) is 0.438. The molecule has 4 N–H and O–H groups in total. The van der Waals surface area contributed by atoms with Crippen LogP contribution in [0.3, 0.4) is 0 Å². The number of hydrogen-bond acceptors (Lipinski definition) is 3. The van der Waals surface area contributed by atoms with Gasteiger partial charge in [0.1, 0.15) is 6.04 Å². The summed E-state index contributed by atoms with van der Waals surface area (Å²) in [6.45, 7) is 0. The number of nitrogens with one attached hydrogen (secondary N) is 1. The molecule has 2 amide bonds. The highest BCUT2D eigenvalue weighted by atomic mass is 16.4. The average molecular weight is 304 g/mol. The Morgan fingerprint density at radius 2 is 1.82 bits per heavy atom. The lowest BCUT2D eigenvalue weighted by Gasteiger charge is -2.18. The maximum absolute atomic E-state index is 12.2. The van der Waals surface area contributed by atoms with Gasteiger partial charge >= 0.3 is 5.97 Å². The van der Waals surface area contributed by atoms with E-state index in [0.29, 0.717) is 25.7 Å². The largest absolute Gasteiger partial charge is 0.481 e. The number of carboxylic acid groups (broad SMARTS) is 1. The van der Waals surface area contributed by atoms with Crippen molar-refractivity contribution in [2.45, 2.75) is 31.7 Å². The minimum absolute atomic E-state index is 0.288. The summed E-state index contributed by atoms with van der Waals surface area (Å²) < 4.78 is 0. The van der Waals surface area contributed by atoms with E-state index in [9.17, 15) is 14.4 Å². The number of nitrogens with two attached hydrogens (primary N) is 1. The van der Waals surface area contributed by atoms with Gasteiger partial charge in [-0.25, -0.2) is 0 Å². The van der Waals surface area contributed by atoms with Crippen molar-refractivity contribution in [2.75, 3.05) is 0 Å². The molecule has 0 aliphatic heterocycles. The topological polar surface area (TPSA) is 109 Å². The Morgan fingerprint density at radius 1 is 1.18 bits per heavy atom. The number of primary amides is 1. The van der Waals surface area contributed by atoms with E-state index in [1.54, 1.807) is 0 Å². The molecule has 3 atom stereocenters. The van der Waals surface area contributed by atoms with Crippen molar-refractivity contribution in [1.29, 1.82) is 0 Å². The lowest BCUT2D eigenvalue weighted by molar-refractivity contribution is -0.141. The summed E-state index contributed by atoms with van der Waals surface area (Å²) in [4.78, 5) is 34.7. The molecule has 0 spiro atoms. The Kier molecular flexibility index (Phi) is 5.14. The predicted molar refractivity (Wildman–Crippen MR) is 79.7 cm³/mol. The first kappa shape index (κ1) is 16.0. The van der Waals surface area contributed by atoms with Crippen molar-refractivity contribution in [2.24, 2.45) is 17.6 Å². The molecular formula is C16H20N2O4. The number of benzene rings is 1. The second kappa shape index (κ2) is 7.06. The van der Waals surface area contributed by atoms with Crippen LogP contribution in [0.5, 0.6) is 0 Å². The van der Waals surface area contributed by atoms with E-state index in [-0.39, 0.29) is 11.8 Å². The van der Waals surface area contributed by atoms with Gasteiger partial charge in [-0.3, -0.25) is 14.4 Å². The molecule has 6 heteroatoms. The number of aliphatic carboxylic acids is 1. The van der Waals surface area contributed by atoms with Crippen LogP contribution in [0.25, 0.3) is 0 Å². The van der Waals surface area contributed by atoms with Gasteiger partial charge in [-0.2, -0.15) is 0 Å². The number of carbonyl (C=O) groups is 3. The highest BCUT2D eigenvalue weighted by Crippen LogP contribution is 2.31. The van der Waals surface area contributed by atoms with Crippen molar-refractivity contribution in [3.05, 3.63) is 35.9 Å². The molecule has 6 nitrogen and oxygen atoms in total. The smallest absolute Gasteiger partial charge is 0.306 e. The molecule has 0 aromatic heterocycles. The quantitative estimate of drug-likeness (QED) is 0.718. The molecule has 0 radical (unpaired) electrons. The Bertz CT molecular complexity index is 559. The molecule has 1 unspecified atom stereocenters. The lowest BCUT2D eigenvalue weighted by Crippen LogP contribution is -2.47. The monoisotopic (exact) mass is 304 g/mol. The first-order valence-electron chi connectivity index (χ1n) is 7.33. The maximum Gasteiger partial charge on any atom is 0.306 e. The van der Waals surface area contributed by atoms with Crippen LogP contribution in [0.4, 0.5) is 0 Å². The van der Waals surface area contributed by atoms with Crippen molar-refractivity contribution in [1.82, 2.24) is 5.32 Å². The van der Waals surface area contributed by atoms with Crippen LogP contribution in [0.1, 0.15) is 24.8 Å². The third-order valence-corrected chi connectivity index (χ3v) is 4.10. The SMILES string of the molecule is NC(=O)C(Cc1ccccc1)NC(=O)[C@@H]1CC[C@H](C(=O)O)C1. The van der Waals surface area contributed by atoms with E-state index in [1.165, 1.54) is 0 Å². The first-order valence-corrected chi connectivity index (χ1v) is 7.33. The van der Waals surface area contributed by atoms with Crippen molar-refractivity contribution in [3.63, 3.8) is 0 Å². The lowest BCUT2D eigenvalue weighted by atomic mass is 10.0. The second-order valence-corrected chi connectivity index (χ2v) is 5.70. The van der Waals surface area contributed by atoms with E-state index >= 15 is 0 Å². The van der Waals surface area contributed by atoms with E-state index < -0.39 is 23.8 Å². The van der Waals surface area contributed by atoms with E-state index in [1.807, 2.05) is 30.3 Å². The Labute approximate surface area is 128 Å². The van der Waals surface area contributed by atoms with Crippen LogP contribution >= 0.6 is 0 Å². The molecule has 1 fully saturated rings. The predicted octanol–water partition coefficient (Wildman–Crippen LogP) is 0.700. The molecule has 2 rings (SSSR count). The van der Waals surface area contributed by atoms with Crippen LogP contribution < -0.4 is 11.1 Å². The van der Waals surface area contributed by atoms with Gasteiger partial charge in [-0.05, 0) is 24.8 Å². The summed E-state index contributed by atoms with van der Waals surface area (Å²) >= 11 is 0. The number of hydrogen-bond donors (Lipinski definition) is 3. The molecule has 0 saturated heterocycles. The normalized spacial score (nSPS) is 22.0. The van der Waals surface area contributed by atoms with Gasteiger partial charge in [-0.1, -0.05) is 30.3 Å². The highest BCUT2D eigenvalue weighted by Gasteiger charge is 2.35. The molecular weight excluding hydrogens is 284 g/mol. The molecule has 1 aromatic rings. The fourth-order valence-electron chi connectivity index (χ4n) is 2.81. The van der Waals surface area contributed by atoms with Crippen LogP contribution in [0.15, 0.2) is 30.3 Å². The maximum atomic E-state index is 12.2. The Balaban J connectivity index is 1.95. The molecule has 22 heavy (non-hydrogen) atoms. The fourth-order valence-corrected chi connectivity index (χ4v) is 2.81. The van der Waals surface area contributed by atoms with Crippen molar-refractivity contribution >= 4 is 17.8 Å². The highest BCUT2D eigenvalue weighted by molar-refractivity contribution is 5.88. The zero-order valence-electron chi connectivity index (χ0n) is 12.2. The second-order valence-electron chi connectivity index (χ2n) is 5.70. The number of carbonyl (C=O) groups excluding carboxylic acids is 2. The van der Waals surface area contributed by atoms with Crippen LogP contribution in [0.2, 0.25) is 0 Å². The van der Waals surface area contributed by atoms with Gasteiger partial charge < -0.3 is 16.2 Å². The number of amides is 2. The van der Waals surface area contributed by atoms with Gasteiger partial charge in [0.25, 0.3) is 0 Å². The summed E-state index contributed by atoms with van der Waals surface area (Å²) in [5.41, 5.74) is 6.26. The van der Waals surface area contributed by atoms with Gasteiger partial charge in [0.15, 0.2) is 0 Å². The standard InChI is InChI=1S/C16H20N2O4/c17-14(19)13(8-10-4-2-1-3-5-10)18-15(20)11-6-7-12(9-11)16(21)22/h1-5,11-13H,6-9H2,(H2,17,19)(H,18,20)(H,21,22)/t11-,12+,13?/m1/s1. The summed E-state index contributed by atoms with van der Waals surface area (Å²) in [5.74, 6) is -2.59. The first-order chi connectivity index (χ1) is 10.5. The minimum atomic E-state index is -0.869. The molecule has 1 aliphatic rings. The number of carboxylic acids is 1. The van der Waals surface area contributed by atoms with Crippen LogP contribution in [-0.2, 0) is 20.8 Å². The van der Waals surface area contributed by atoms with Gasteiger partial charge in [-0.15, -0.1) is 0 Å². The van der Waals surface area contributed by atoms with Gasteiger partial charge in [0.05, 0.1) is 5.92 Å². The molecule has 1 aliphatic carbocycles. The van der Waals surface area contributed by atoms with Gasteiger partial charge in [0, 0.05) is 12.3 Å². The molecule has 0 bridgehead atoms. The van der Waals surface area contributed by atoms with Crippen molar-refractivity contribution in [3.8, 4) is 0 Å². The zero-order chi connectivity index (χ0) is 16.1. The summed E-state index contributed by atoms with van der Waals surface area (Å²) in [6, 6.07) is 8.51. The molecule has 118 valence electrons. The van der Waals surface area contributed by atoms with Gasteiger partial charge in [0.2, 0.25) is 11.8 Å². The van der Waals surface area contributed by atoms with E-state index in [0.717, 1.165) is 5.56 Å². The minimum Gasteiger partial charge on any atom is -0.481 e. The number of rotatable bonds is 6. The summed E-state index contributed by atoms with van der Waals surface area (Å²) in [5, 5.41) is 11.6. The molecule has 1 aromatic carbocycles. The Morgan fingerprint density at radius 3 is 2.36 bits per heavy atom. The average Bonchev–Trinajstić information content (AvgIpc) is 2.97. The third-order valence-electron chi connectivity index (χ3n) is 4.10. The molecule has 0 heterocycles. The third kappa shape index (κ3) is 4.07. The Hall–Kier alpha value is -2.37.